The summed E-state index contributed by atoms with van der Waals surface area (Å²) in [5, 5.41) is 0. The minimum Gasteiger partial charge on any atom is -0.282 e. The Morgan fingerprint density at radius 2 is 1.36 bits per heavy atom. The van der Waals surface area contributed by atoms with Gasteiger partial charge >= 0.3 is 0 Å². The van der Waals surface area contributed by atoms with E-state index in [-0.39, 0.29) is 16.5 Å². The van der Waals surface area contributed by atoms with E-state index in [9.17, 15) is 0 Å². The van der Waals surface area contributed by atoms with Crippen molar-refractivity contribution in [3.63, 3.8) is 0 Å². The summed E-state index contributed by atoms with van der Waals surface area (Å²) in [4.78, 5) is 26.2. The minimum absolute atomic E-state index is 0. The molecule has 0 amide bonds. The molecule has 5 heterocycles. The molecule has 0 atom stereocenters. The fraction of sp³-hybridized carbons (Fsp3) is 0. The van der Waals surface area contributed by atoms with Crippen LogP contribution in [-0.4, -0.2) is 35.4 Å². The van der Waals surface area contributed by atoms with E-state index in [4.69, 9.17) is 0 Å². The second-order valence-corrected chi connectivity index (χ2v) is 5.30. The predicted molar refractivity (Wildman–Crippen MR) is 94.5 cm³/mol. The maximum absolute atomic E-state index is 4.53. The summed E-state index contributed by atoms with van der Waals surface area (Å²) in [6, 6.07) is 0. The van der Waals surface area contributed by atoms with Gasteiger partial charge in [-0.3, -0.25) is 10.9 Å². The van der Waals surface area contributed by atoms with Crippen LogP contribution in [0.4, 0.5) is 0 Å². The van der Waals surface area contributed by atoms with Crippen molar-refractivity contribution in [2.24, 2.45) is 30.0 Å². The Morgan fingerprint density at radius 1 is 0.640 bits per heavy atom. The maximum atomic E-state index is 4.53. The van der Waals surface area contributed by atoms with Crippen LogP contribution in [0.1, 0.15) is 0 Å². The molecule has 124 valence electrons. The molecule has 0 saturated heterocycles. The first kappa shape index (κ1) is 15.3. The van der Waals surface area contributed by atoms with Crippen molar-refractivity contribution >= 4 is 35.4 Å². The molecule has 0 aromatic carbocycles. The Morgan fingerprint density at radius 3 is 2.16 bits per heavy atom. The number of aliphatic imine (C=N–C) groups is 6. The molecular formula is C16H10N8Ni. The number of nitrogens with zero attached hydrogens (tertiary/aromatic N) is 6. The van der Waals surface area contributed by atoms with E-state index in [1.807, 2.05) is 42.5 Å². The molecule has 5 aliphatic heterocycles. The second-order valence-electron chi connectivity index (χ2n) is 5.30. The molecular weight excluding hydrogens is 363 g/mol. The average Bonchev–Trinajstić information content (AvgIpc) is 3.32. The molecule has 8 nitrogen and oxygen atoms in total. The third kappa shape index (κ3) is 3.09. The van der Waals surface area contributed by atoms with Gasteiger partial charge in [-0.1, -0.05) is 0 Å². The summed E-state index contributed by atoms with van der Waals surface area (Å²) in [5.74, 6) is 1.37. The normalized spacial score (nSPS) is 21.8. The molecule has 9 heteroatoms. The molecule has 5 aliphatic rings. The zero-order valence-corrected chi connectivity index (χ0v) is 13.6. The number of guanidine groups is 2. The molecule has 0 radical (unpaired) electrons. The Bertz CT molecular complexity index is 995. The Kier molecular flexibility index (Phi) is 3.70. The predicted octanol–water partition coefficient (Wildman–Crippen LogP) is 0.973. The van der Waals surface area contributed by atoms with E-state index in [0.29, 0.717) is 23.5 Å². The molecule has 8 bridgehead atoms. The summed E-state index contributed by atoms with van der Waals surface area (Å²) < 4.78 is 0. The molecule has 25 heavy (non-hydrogen) atoms. The van der Waals surface area contributed by atoms with Crippen LogP contribution in [0, 0.1) is 0 Å². The number of hydrogen-bond donors (Lipinski definition) is 2. The van der Waals surface area contributed by atoms with Gasteiger partial charge in [0, 0.05) is 22.6 Å². The molecule has 0 saturated carbocycles. The van der Waals surface area contributed by atoms with E-state index < -0.39 is 0 Å². The van der Waals surface area contributed by atoms with Crippen LogP contribution in [-0.2, 0) is 16.5 Å². The van der Waals surface area contributed by atoms with Crippen LogP contribution in [0.5, 0.6) is 0 Å². The number of rotatable bonds is 0. The van der Waals surface area contributed by atoms with E-state index >= 15 is 0 Å². The van der Waals surface area contributed by atoms with E-state index in [1.54, 1.807) is 6.21 Å². The molecule has 0 aromatic rings. The molecule has 2 N–H and O–H groups in total. The summed E-state index contributed by atoms with van der Waals surface area (Å²) >= 11 is 0. The molecule has 0 spiro atoms. The van der Waals surface area contributed by atoms with Gasteiger partial charge in [-0.2, -0.15) is 9.98 Å². The molecule has 0 fully saturated rings. The second kappa shape index (κ2) is 6.03. The Labute approximate surface area is 152 Å². The van der Waals surface area contributed by atoms with Crippen LogP contribution >= 0.6 is 0 Å². The number of fused-ring (bicyclic) bond motifs is 4. The topological polar surface area (TPSA) is 98.2 Å². The maximum Gasteiger partial charge on any atom is 0.253 e. The van der Waals surface area contributed by atoms with Crippen molar-refractivity contribution < 1.29 is 16.5 Å². The number of hydrogen-bond acceptors (Lipinski definition) is 8. The molecule has 0 aliphatic carbocycles. The number of allylic oxidation sites excluding steroid dienone is 7. The van der Waals surface area contributed by atoms with Gasteiger partial charge < -0.3 is 0 Å². The van der Waals surface area contributed by atoms with Gasteiger partial charge in [0.15, 0.2) is 5.84 Å². The monoisotopic (exact) mass is 372 g/mol. The van der Waals surface area contributed by atoms with Gasteiger partial charge in [-0.25, -0.2) is 20.0 Å². The zero-order chi connectivity index (χ0) is 15.9. The van der Waals surface area contributed by atoms with Crippen molar-refractivity contribution in [3.05, 3.63) is 59.6 Å². The van der Waals surface area contributed by atoms with Gasteiger partial charge in [0.25, 0.3) is 5.96 Å². The SMILES string of the molecule is C1=CC2=NC1=CC1=NC(=NC3=NC(=CC4=NC(=C2)C=C4)C=N3)NN1.[Ni]. The molecule has 5 rings (SSSR count). The van der Waals surface area contributed by atoms with Crippen LogP contribution in [0.3, 0.4) is 0 Å². The largest absolute Gasteiger partial charge is 0.282 e. The van der Waals surface area contributed by atoms with Crippen LogP contribution in [0.25, 0.3) is 0 Å². The summed E-state index contributed by atoms with van der Waals surface area (Å²) in [5.41, 5.74) is 9.81. The molecule has 0 unspecified atom stereocenters. The number of nitrogens with one attached hydrogen (secondary N) is 2. The molecule has 0 aromatic heterocycles. The van der Waals surface area contributed by atoms with Crippen molar-refractivity contribution in [2.45, 2.75) is 0 Å². The fourth-order valence-electron chi connectivity index (χ4n) is 2.48. The number of amidine groups is 1. The Hall–Kier alpha value is -3.19. The van der Waals surface area contributed by atoms with E-state index in [1.165, 1.54) is 0 Å². The first-order valence-electron chi connectivity index (χ1n) is 7.31. The third-order valence-electron chi connectivity index (χ3n) is 3.52. The van der Waals surface area contributed by atoms with Gasteiger partial charge in [0.2, 0.25) is 5.96 Å². The van der Waals surface area contributed by atoms with Crippen molar-refractivity contribution in [2.75, 3.05) is 0 Å². The Balaban J connectivity index is 0.00000157. The summed E-state index contributed by atoms with van der Waals surface area (Å²) in [7, 11) is 0. The third-order valence-corrected chi connectivity index (χ3v) is 3.52. The van der Waals surface area contributed by atoms with Crippen molar-refractivity contribution in [3.8, 4) is 0 Å². The van der Waals surface area contributed by atoms with Gasteiger partial charge in [-0.15, -0.1) is 0 Å². The van der Waals surface area contributed by atoms with Crippen molar-refractivity contribution in [1.82, 2.24) is 10.9 Å². The van der Waals surface area contributed by atoms with Gasteiger partial charge in [0.05, 0.1) is 34.7 Å². The average molecular weight is 373 g/mol. The van der Waals surface area contributed by atoms with Crippen molar-refractivity contribution in [1.29, 1.82) is 0 Å². The quantitative estimate of drug-likeness (QED) is 0.619. The minimum atomic E-state index is 0. The summed E-state index contributed by atoms with van der Waals surface area (Å²) in [6.07, 6.45) is 15.0. The summed E-state index contributed by atoms with van der Waals surface area (Å²) in [6.45, 7) is 0. The van der Waals surface area contributed by atoms with Crippen LogP contribution in [0.2, 0.25) is 0 Å². The fourth-order valence-corrected chi connectivity index (χ4v) is 2.48. The van der Waals surface area contributed by atoms with Crippen LogP contribution < -0.4 is 10.9 Å². The van der Waals surface area contributed by atoms with Gasteiger partial charge in [0.1, 0.15) is 0 Å². The standard InChI is InChI=1S/C16H10N8.Ni/c1-2-11-6-13-8-17-15(20-13)22-16-21-14(23-24-16)7-12-4-3-10(19-12)5-9(1)18-11;/h1-8H,(H2,17,20,21,22,23,24);. The van der Waals surface area contributed by atoms with E-state index in [0.717, 1.165) is 22.8 Å². The van der Waals surface area contributed by atoms with Gasteiger partial charge in [-0.05, 0) is 36.5 Å². The first-order chi connectivity index (χ1) is 11.8. The smallest absolute Gasteiger partial charge is 0.253 e. The van der Waals surface area contributed by atoms with Crippen LogP contribution in [0.15, 0.2) is 89.6 Å². The first-order valence-corrected chi connectivity index (χ1v) is 7.31. The zero-order valence-electron chi connectivity index (χ0n) is 12.6. The van der Waals surface area contributed by atoms with E-state index in [2.05, 4.69) is 40.8 Å². The number of hydrazine groups is 1.